The summed E-state index contributed by atoms with van der Waals surface area (Å²) in [6.07, 6.45) is 2.71. The van der Waals surface area contributed by atoms with Gasteiger partial charge in [-0.1, -0.05) is 17.8 Å². The van der Waals surface area contributed by atoms with Crippen LogP contribution in [0.3, 0.4) is 0 Å². The van der Waals surface area contributed by atoms with Gasteiger partial charge in [0.1, 0.15) is 12.1 Å². The number of thiophene rings is 1. The first-order chi connectivity index (χ1) is 15.1. The van der Waals surface area contributed by atoms with Crippen molar-refractivity contribution in [2.75, 3.05) is 38.7 Å². The number of thioether (sulfide) groups is 1. The molecule has 1 aromatic carbocycles. The molecule has 1 fully saturated rings. The Morgan fingerprint density at radius 2 is 1.97 bits per heavy atom. The maximum atomic E-state index is 12.7. The summed E-state index contributed by atoms with van der Waals surface area (Å²) in [5.74, 6) is 1.35. The normalized spacial score (nSPS) is 15.2. The topological polar surface area (TPSA) is 86.6 Å². The maximum Gasteiger partial charge on any atom is 0.243 e. The second kappa shape index (κ2) is 10.6. The average molecular weight is 481 g/mol. The third-order valence-corrected chi connectivity index (χ3v) is 8.57. The molecule has 0 atom stereocenters. The molecule has 0 unspecified atom stereocenters. The van der Waals surface area contributed by atoms with Crippen LogP contribution in [-0.4, -0.2) is 66.2 Å². The fraction of sp³-hybridized carbons (Fsp3) is 0.400. The van der Waals surface area contributed by atoms with E-state index in [4.69, 9.17) is 9.47 Å². The number of aromatic nitrogens is 3. The number of sulfonamides is 1. The summed E-state index contributed by atoms with van der Waals surface area (Å²) in [6.45, 7) is 2.96. The van der Waals surface area contributed by atoms with Crippen molar-refractivity contribution in [3.8, 4) is 5.75 Å². The second-order valence-electron chi connectivity index (χ2n) is 6.82. The van der Waals surface area contributed by atoms with Crippen molar-refractivity contribution in [2.45, 2.75) is 23.0 Å². The molecule has 3 aromatic rings. The Bertz CT molecular complexity index is 1050. The maximum absolute atomic E-state index is 12.7. The highest BCUT2D eigenvalue weighted by Crippen LogP contribution is 2.21. The summed E-state index contributed by atoms with van der Waals surface area (Å²) in [5, 5.41) is 11.2. The Labute approximate surface area is 190 Å². The highest BCUT2D eigenvalue weighted by Gasteiger charge is 2.26. The molecular weight excluding hydrogens is 456 g/mol. The lowest BCUT2D eigenvalue weighted by atomic mass is 10.3. The van der Waals surface area contributed by atoms with Crippen LogP contribution in [-0.2, 0) is 27.7 Å². The van der Waals surface area contributed by atoms with E-state index in [9.17, 15) is 8.42 Å². The lowest BCUT2D eigenvalue weighted by molar-refractivity contribution is 0.0730. The van der Waals surface area contributed by atoms with E-state index in [1.807, 2.05) is 0 Å². The number of benzene rings is 1. The molecule has 8 nitrogen and oxygen atoms in total. The van der Waals surface area contributed by atoms with Crippen LogP contribution in [0.4, 0.5) is 0 Å². The molecule has 0 aliphatic carbocycles. The minimum atomic E-state index is -3.48. The van der Waals surface area contributed by atoms with E-state index in [2.05, 4.69) is 32.3 Å². The summed E-state index contributed by atoms with van der Waals surface area (Å²) >= 11 is 3.34. The van der Waals surface area contributed by atoms with Crippen LogP contribution in [0.5, 0.6) is 5.75 Å². The first-order valence-electron chi connectivity index (χ1n) is 9.97. The number of hydrogen-bond donors (Lipinski definition) is 0. The molecule has 0 bridgehead atoms. The highest BCUT2D eigenvalue weighted by molar-refractivity contribution is 7.99. The molecule has 0 radical (unpaired) electrons. The quantitative estimate of drug-likeness (QED) is 0.326. The van der Waals surface area contributed by atoms with Crippen molar-refractivity contribution in [1.29, 1.82) is 0 Å². The molecule has 31 heavy (non-hydrogen) atoms. The van der Waals surface area contributed by atoms with E-state index in [1.54, 1.807) is 53.7 Å². The molecule has 11 heteroatoms. The molecule has 166 valence electrons. The van der Waals surface area contributed by atoms with Crippen molar-refractivity contribution in [3.63, 3.8) is 0 Å². The molecule has 3 heterocycles. The molecule has 1 saturated heterocycles. The number of aryl methyl sites for hydroxylation is 2. The molecule has 0 N–H and O–H groups in total. The summed E-state index contributed by atoms with van der Waals surface area (Å²) in [4.78, 5) is 1.61. The largest absolute Gasteiger partial charge is 0.493 e. The second-order valence-corrected chi connectivity index (χ2v) is 10.9. The highest BCUT2D eigenvalue weighted by atomic mass is 32.2. The molecule has 4 rings (SSSR count). The zero-order chi connectivity index (χ0) is 21.5. The van der Waals surface area contributed by atoms with Crippen molar-refractivity contribution < 1.29 is 17.9 Å². The fourth-order valence-electron chi connectivity index (χ4n) is 3.13. The first-order valence-corrected chi connectivity index (χ1v) is 13.3. The lowest BCUT2D eigenvalue weighted by Crippen LogP contribution is -2.40. The van der Waals surface area contributed by atoms with Gasteiger partial charge in [-0.15, -0.1) is 21.5 Å². The van der Waals surface area contributed by atoms with Gasteiger partial charge in [0.05, 0.1) is 24.7 Å². The van der Waals surface area contributed by atoms with E-state index >= 15 is 0 Å². The SMILES string of the molecule is O=S(=O)(c1ccc(OCCSc2nncn2CCc2cccs2)cc1)N1CCOCC1. The van der Waals surface area contributed by atoms with Crippen molar-refractivity contribution in [2.24, 2.45) is 0 Å². The van der Waals surface area contributed by atoms with E-state index in [-0.39, 0.29) is 4.90 Å². The van der Waals surface area contributed by atoms with E-state index in [0.717, 1.165) is 18.1 Å². The van der Waals surface area contributed by atoms with Crippen molar-refractivity contribution in [3.05, 3.63) is 53.0 Å². The standard InChI is InChI=1S/C20H24N4O4S3/c25-31(26,24-9-11-27-12-10-24)19-5-3-17(4-6-19)28-13-15-30-20-22-21-16-23(20)8-7-18-2-1-14-29-18/h1-6,14,16H,7-13,15H2. The molecular formula is C20H24N4O4S3. The van der Waals surface area contributed by atoms with Gasteiger partial charge in [0.25, 0.3) is 0 Å². The van der Waals surface area contributed by atoms with Gasteiger partial charge in [0.15, 0.2) is 5.16 Å². The predicted octanol–water partition coefficient (Wildman–Crippen LogP) is 2.77. The third kappa shape index (κ3) is 5.86. The molecule has 0 amide bonds. The van der Waals surface area contributed by atoms with Gasteiger partial charge in [-0.2, -0.15) is 4.31 Å². The Kier molecular flexibility index (Phi) is 7.62. The minimum Gasteiger partial charge on any atom is -0.493 e. The van der Waals surface area contributed by atoms with Crippen LogP contribution in [0, 0.1) is 0 Å². The molecule has 1 aliphatic rings. The van der Waals surface area contributed by atoms with Crippen LogP contribution < -0.4 is 4.74 Å². The fourth-order valence-corrected chi connectivity index (χ4v) is 6.00. The minimum absolute atomic E-state index is 0.273. The van der Waals surface area contributed by atoms with Gasteiger partial charge in [-0.3, -0.25) is 0 Å². The van der Waals surface area contributed by atoms with E-state index in [0.29, 0.717) is 44.4 Å². The Morgan fingerprint density at radius 3 is 2.71 bits per heavy atom. The first kappa shape index (κ1) is 22.3. The molecule has 1 aliphatic heterocycles. The molecule has 0 saturated carbocycles. The van der Waals surface area contributed by atoms with Crippen molar-refractivity contribution in [1.82, 2.24) is 19.1 Å². The third-order valence-electron chi connectivity index (χ3n) is 4.77. The Hall–Kier alpha value is -1.92. The zero-order valence-corrected chi connectivity index (χ0v) is 19.4. The van der Waals surface area contributed by atoms with Crippen molar-refractivity contribution >= 4 is 33.1 Å². The van der Waals surface area contributed by atoms with Crippen LogP contribution in [0.2, 0.25) is 0 Å². The van der Waals surface area contributed by atoms with Crippen LogP contribution >= 0.6 is 23.1 Å². The Morgan fingerprint density at radius 1 is 1.16 bits per heavy atom. The van der Waals surface area contributed by atoms with E-state index in [1.165, 1.54) is 9.18 Å². The summed E-state index contributed by atoms with van der Waals surface area (Å²) in [5.41, 5.74) is 0. The van der Waals surface area contributed by atoms with Gasteiger partial charge in [-0.25, -0.2) is 8.42 Å². The van der Waals surface area contributed by atoms with Crippen LogP contribution in [0.15, 0.2) is 58.2 Å². The summed E-state index contributed by atoms with van der Waals surface area (Å²) in [6, 6.07) is 10.8. The molecule has 0 spiro atoms. The number of nitrogens with zero attached hydrogens (tertiary/aromatic N) is 4. The average Bonchev–Trinajstić information content (AvgIpc) is 3.48. The summed E-state index contributed by atoms with van der Waals surface area (Å²) < 4.78 is 39.8. The lowest BCUT2D eigenvalue weighted by Gasteiger charge is -2.26. The van der Waals surface area contributed by atoms with Crippen LogP contribution in [0.25, 0.3) is 0 Å². The monoisotopic (exact) mass is 480 g/mol. The number of morpholine rings is 1. The van der Waals surface area contributed by atoms with Crippen LogP contribution in [0.1, 0.15) is 4.88 Å². The smallest absolute Gasteiger partial charge is 0.243 e. The van der Waals surface area contributed by atoms with Gasteiger partial charge in [0, 0.05) is 30.3 Å². The number of ether oxygens (including phenoxy) is 2. The number of rotatable bonds is 10. The van der Waals surface area contributed by atoms with Gasteiger partial charge in [0.2, 0.25) is 10.0 Å². The van der Waals surface area contributed by atoms with Gasteiger partial charge < -0.3 is 14.0 Å². The summed E-state index contributed by atoms with van der Waals surface area (Å²) in [7, 11) is -3.48. The predicted molar refractivity (Wildman–Crippen MR) is 120 cm³/mol. The van der Waals surface area contributed by atoms with E-state index < -0.39 is 10.0 Å². The number of hydrogen-bond acceptors (Lipinski definition) is 8. The van der Waals surface area contributed by atoms with Gasteiger partial charge in [-0.05, 0) is 42.1 Å². The zero-order valence-electron chi connectivity index (χ0n) is 16.9. The molecule has 2 aromatic heterocycles. The van der Waals surface area contributed by atoms with Gasteiger partial charge >= 0.3 is 0 Å². The Balaban J connectivity index is 1.24.